The number of thioether (sulfide) groups is 1. The quantitative estimate of drug-likeness (QED) is 0.811. The number of aliphatic carboxylic acids is 1. The number of hydrogen-bond donors (Lipinski definition) is 2. The van der Waals surface area contributed by atoms with Crippen LogP contribution in [-0.4, -0.2) is 38.3 Å². The first-order valence-corrected chi connectivity index (χ1v) is 8.78. The first-order chi connectivity index (χ1) is 10.9. The highest BCUT2D eigenvalue weighted by atomic mass is 32.2. The molecular weight excluding hydrogens is 314 g/mol. The monoisotopic (exact) mass is 335 g/mol. The average molecular weight is 335 g/mol. The van der Waals surface area contributed by atoms with E-state index in [1.54, 1.807) is 18.7 Å². The molecule has 7 heteroatoms. The number of imidazole rings is 1. The lowest BCUT2D eigenvalue weighted by Gasteiger charge is -2.25. The van der Waals surface area contributed by atoms with Crippen molar-refractivity contribution in [3.8, 4) is 0 Å². The topological polar surface area (TPSA) is 84.2 Å². The first kappa shape index (κ1) is 17.3. The second-order valence-electron chi connectivity index (χ2n) is 5.57. The minimum Gasteiger partial charge on any atom is -0.480 e. The molecule has 0 saturated carbocycles. The van der Waals surface area contributed by atoms with Gasteiger partial charge in [-0.3, -0.25) is 4.79 Å². The molecule has 0 aliphatic heterocycles. The molecule has 1 aromatic heterocycles. The molecule has 2 N–H and O–H groups in total. The molecule has 6 nitrogen and oxygen atoms in total. The lowest BCUT2D eigenvalue weighted by atomic mass is 9.99. The van der Waals surface area contributed by atoms with E-state index in [1.807, 2.05) is 35.1 Å². The van der Waals surface area contributed by atoms with Crippen LogP contribution in [0.4, 0.5) is 0 Å². The number of fused-ring (bicyclic) bond motifs is 1. The van der Waals surface area contributed by atoms with Crippen molar-refractivity contribution >= 4 is 34.7 Å². The number of aromatic nitrogens is 2. The van der Waals surface area contributed by atoms with Crippen LogP contribution in [-0.2, 0) is 21.9 Å². The van der Waals surface area contributed by atoms with Crippen molar-refractivity contribution < 1.29 is 14.7 Å². The zero-order valence-electron chi connectivity index (χ0n) is 13.5. The highest BCUT2D eigenvalue weighted by Gasteiger charge is 2.32. The number of carboxylic acid groups (broad SMARTS) is 1. The molecule has 2 rings (SSSR count). The number of nitrogens with zero attached hydrogens (tertiary/aromatic N) is 2. The summed E-state index contributed by atoms with van der Waals surface area (Å²) in [5.74, 6) is 0.129. The summed E-state index contributed by atoms with van der Waals surface area (Å²) in [5.41, 5.74) is 0.453. The van der Waals surface area contributed by atoms with E-state index in [0.29, 0.717) is 12.2 Å². The van der Waals surface area contributed by atoms with Crippen LogP contribution < -0.4 is 5.32 Å². The number of para-hydroxylation sites is 2. The third-order valence-corrected chi connectivity index (χ3v) is 4.45. The van der Waals surface area contributed by atoms with E-state index >= 15 is 0 Å². The molecule has 1 atom stereocenters. The van der Waals surface area contributed by atoms with Crippen molar-refractivity contribution in [3.05, 3.63) is 30.1 Å². The first-order valence-electron chi connectivity index (χ1n) is 7.38. The van der Waals surface area contributed by atoms with Gasteiger partial charge >= 0.3 is 5.97 Å². The highest BCUT2D eigenvalue weighted by molar-refractivity contribution is 7.97. The Labute approximate surface area is 139 Å². The molecule has 0 aliphatic carbocycles. The van der Waals surface area contributed by atoms with Crippen molar-refractivity contribution in [1.82, 2.24) is 14.9 Å². The maximum atomic E-state index is 12.4. The predicted octanol–water partition coefficient (Wildman–Crippen LogP) is 2.27. The second-order valence-corrected chi connectivity index (χ2v) is 6.44. The van der Waals surface area contributed by atoms with Crippen LogP contribution in [0, 0.1) is 0 Å². The molecule has 1 amide bonds. The third-order valence-electron chi connectivity index (χ3n) is 3.90. The highest BCUT2D eigenvalue weighted by Crippen LogP contribution is 2.19. The van der Waals surface area contributed by atoms with Crippen LogP contribution in [0.25, 0.3) is 11.0 Å². The van der Waals surface area contributed by atoms with Crippen molar-refractivity contribution in [2.45, 2.75) is 38.1 Å². The summed E-state index contributed by atoms with van der Waals surface area (Å²) >= 11 is 1.62. The lowest BCUT2D eigenvalue weighted by molar-refractivity contribution is -0.147. The van der Waals surface area contributed by atoms with Crippen LogP contribution in [0.15, 0.2) is 24.3 Å². The van der Waals surface area contributed by atoms with Crippen molar-refractivity contribution in [2.24, 2.45) is 0 Å². The normalized spacial score (nSPS) is 13.7. The van der Waals surface area contributed by atoms with Gasteiger partial charge in [-0.1, -0.05) is 19.1 Å². The number of carbonyl (C=O) groups excluding carboxylic acids is 1. The Bertz CT molecular complexity index is 728. The summed E-state index contributed by atoms with van der Waals surface area (Å²) in [5, 5.41) is 11.9. The average Bonchev–Trinajstić information content (AvgIpc) is 2.85. The molecule has 23 heavy (non-hydrogen) atoms. The predicted molar refractivity (Wildman–Crippen MR) is 91.4 cm³/mol. The smallest absolute Gasteiger partial charge is 0.329 e. The van der Waals surface area contributed by atoms with Gasteiger partial charge in [-0.25, -0.2) is 9.78 Å². The third kappa shape index (κ3) is 3.67. The maximum Gasteiger partial charge on any atom is 0.329 e. The summed E-state index contributed by atoms with van der Waals surface area (Å²) in [6, 6.07) is 7.62. The number of amides is 1. The van der Waals surface area contributed by atoms with Gasteiger partial charge in [-0.15, -0.1) is 0 Å². The van der Waals surface area contributed by atoms with E-state index < -0.39 is 11.5 Å². The number of nitrogens with one attached hydrogen (secondary N) is 1. The number of hydrogen-bond acceptors (Lipinski definition) is 4. The standard InChI is InChI=1S/C16H21N3O3S/c1-4-16(2,15(21)22)18-14(20)9-19-12-8-6-5-7-11(12)17-13(19)10-23-3/h5-8H,4,9-10H2,1-3H3,(H,18,20)(H,21,22). The Kier molecular flexibility index (Phi) is 5.30. The van der Waals surface area contributed by atoms with Gasteiger partial charge in [-0.2, -0.15) is 11.8 Å². The summed E-state index contributed by atoms with van der Waals surface area (Å²) in [6.45, 7) is 3.31. The van der Waals surface area contributed by atoms with E-state index in [4.69, 9.17) is 0 Å². The number of benzene rings is 1. The SMILES string of the molecule is CCC(C)(NC(=O)Cn1c(CSC)nc2ccccc21)C(=O)O. The van der Waals surface area contributed by atoms with Gasteiger partial charge in [-0.05, 0) is 31.7 Å². The minimum absolute atomic E-state index is 0.0548. The van der Waals surface area contributed by atoms with Gasteiger partial charge in [0.1, 0.15) is 17.9 Å². The number of carbonyl (C=O) groups is 2. The van der Waals surface area contributed by atoms with Gasteiger partial charge in [0.2, 0.25) is 5.91 Å². The fourth-order valence-corrected chi connectivity index (χ4v) is 2.80. The van der Waals surface area contributed by atoms with Gasteiger partial charge in [0.15, 0.2) is 0 Å². The zero-order valence-corrected chi connectivity index (χ0v) is 14.3. The maximum absolute atomic E-state index is 12.4. The molecule has 0 aliphatic rings. The van der Waals surface area contributed by atoms with Crippen LogP contribution >= 0.6 is 11.8 Å². The Morgan fingerprint density at radius 1 is 1.39 bits per heavy atom. The Morgan fingerprint density at radius 2 is 2.09 bits per heavy atom. The fraction of sp³-hybridized carbons (Fsp3) is 0.438. The molecule has 0 radical (unpaired) electrons. The Morgan fingerprint density at radius 3 is 2.70 bits per heavy atom. The van der Waals surface area contributed by atoms with E-state index in [-0.39, 0.29) is 12.5 Å². The molecule has 1 aromatic carbocycles. The van der Waals surface area contributed by atoms with E-state index in [0.717, 1.165) is 16.9 Å². The molecule has 0 saturated heterocycles. The van der Waals surface area contributed by atoms with Crippen LogP contribution in [0.3, 0.4) is 0 Å². The fourth-order valence-electron chi connectivity index (χ4n) is 2.33. The molecule has 1 heterocycles. The molecule has 0 spiro atoms. The van der Waals surface area contributed by atoms with Crippen molar-refractivity contribution in [1.29, 1.82) is 0 Å². The van der Waals surface area contributed by atoms with Crippen LogP contribution in [0.2, 0.25) is 0 Å². The van der Waals surface area contributed by atoms with Crippen molar-refractivity contribution in [3.63, 3.8) is 0 Å². The van der Waals surface area contributed by atoms with Gasteiger partial charge < -0.3 is 15.0 Å². The molecule has 0 bridgehead atoms. The van der Waals surface area contributed by atoms with Crippen molar-refractivity contribution in [2.75, 3.05) is 6.26 Å². The van der Waals surface area contributed by atoms with Crippen LogP contribution in [0.5, 0.6) is 0 Å². The van der Waals surface area contributed by atoms with Gasteiger partial charge in [0.05, 0.1) is 16.8 Å². The number of carboxylic acids is 1. The molecular formula is C16H21N3O3S. The summed E-state index contributed by atoms with van der Waals surface area (Å²) < 4.78 is 1.85. The van der Waals surface area contributed by atoms with Gasteiger partial charge in [0.25, 0.3) is 0 Å². The van der Waals surface area contributed by atoms with Gasteiger partial charge in [0, 0.05) is 0 Å². The van der Waals surface area contributed by atoms with E-state index in [9.17, 15) is 14.7 Å². The summed E-state index contributed by atoms with van der Waals surface area (Å²) in [6.07, 6.45) is 2.29. The van der Waals surface area contributed by atoms with E-state index in [1.165, 1.54) is 6.92 Å². The Balaban J connectivity index is 2.28. The Hall–Kier alpha value is -2.02. The largest absolute Gasteiger partial charge is 0.480 e. The molecule has 124 valence electrons. The zero-order chi connectivity index (χ0) is 17.0. The molecule has 2 aromatic rings. The molecule has 1 unspecified atom stereocenters. The summed E-state index contributed by atoms with van der Waals surface area (Å²) in [7, 11) is 0. The number of rotatable bonds is 7. The summed E-state index contributed by atoms with van der Waals surface area (Å²) in [4.78, 5) is 28.2. The minimum atomic E-state index is -1.26. The lowest BCUT2D eigenvalue weighted by Crippen LogP contribution is -2.52. The van der Waals surface area contributed by atoms with E-state index in [2.05, 4.69) is 10.3 Å². The van der Waals surface area contributed by atoms with Crippen LogP contribution in [0.1, 0.15) is 26.1 Å². The molecule has 0 fully saturated rings. The second kappa shape index (κ2) is 7.04.